The molecule has 3 heteroatoms. The van der Waals surface area contributed by atoms with Crippen LogP contribution in [-0.4, -0.2) is 36.5 Å². The Morgan fingerprint density at radius 3 is 2.62 bits per heavy atom. The lowest BCUT2D eigenvalue weighted by Gasteiger charge is -2.23. The molecule has 76 valence electrons. The van der Waals surface area contributed by atoms with E-state index in [-0.39, 0.29) is 12.1 Å². The van der Waals surface area contributed by atoms with Gasteiger partial charge in [0.1, 0.15) is 0 Å². The van der Waals surface area contributed by atoms with Gasteiger partial charge in [-0.15, -0.1) is 0 Å². The molecule has 2 fully saturated rings. The van der Waals surface area contributed by atoms with Crippen molar-refractivity contribution in [1.82, 2.24) is 5.32 Å². The van der Waals surface area contributed by atoms with Gasteiger partial charge in [-0.3, -0.25) is 0 Å². The molecule has 4 unspecified atom stereocenters. The van der Waals surface area contributed by atoms with Gasteiger partial charge in [-0.25, -0.2) is 0 Å². The third kappa shape index (κ3) is 2.03. The summed E-state index contributed by atoms with van der Waals surface area (Å²) in [4.78, 5) is 0. The van der Waals surface area contributed by atoms with E-state index in [4.69, 9.17) is 4.74 Å². The molecule has 3 nitrogen and oxygen atoms in total. The normalized spacial score (nSPS) is 45.7. The van der Waals surface area contributed by atoms with Crippen LogP contribution in [0.5, 0.6) is 0 Å². The second-order valence-corrected chi connectivity index (χ2v) is 4.39. The first kappa shape index (κ1) is 9.44. The van der Waals surface area contributed by atoms with Gasteiger partial charge in [0.15, 0.2) is 0 Å². The monoisotopic (exact) mass is 185 g/mol. The summed E-state index contributed by atoms with van der Waals surface area (Å²) >= 11 is 0. The number of hydrogen-bond acceptors (Lipinski definition) is 3. The van der Waals surface area contributed by atoms with Gasteiger partial charge < -0.3 is 15.2 Å². The maximum absolute atomic E-state index is 9.55. The molecule has 2 aliphatic rings. The number of rotatable bonds is 2. The van der Waals surface area contributed by atoms with Crippen LogP contribution < -0.4 is 5.32 Å². The minimum Gasteiger partial charge on any atom is -0.389 e. The molecule has 1 heterocycles. The summed E-state index contributed by atoms with van der Waals surface area (Å²) in [7, 11) is 0. The van der Waals surface area contributed by atoms with Crippen LogP contribution in [0.4, 0.5) is 0 Å². The molecule has 0 aromatic heterocycles. The fraction of sp³-hybridized carbons (Fsp3) is 1.00. The average molecular weight is 185 g/mol. The smallest absolute Gasteiger partial charge is 0.0948 e. The highest BCUT2D eigenvalue weighted by Gasteiger charge is 2.31. The molecule has 1 saturated heterocycles. The largest absolute Gasteiger partial charge is 0.389 e. The van der Waals surface area contributed by atoms with Gasteiger partial charge in [0.2, 0.25) is 0 Å². The van der Waals surface area contributed by atoms with Crippen LogP contribution in [0.25, 0.3) is 0 Å². The summed E-state index contributed by atoms with van der Waals surface area (Å²) in [5, 5.41) is 13.1. The quantitative estimate of drug-likeness (QED) is 0.659. The molecule has 0 aromatic rings. The highest BCUT2D eigenvalue weighted by molar-refractivity contribution is 4.88. The van der Waals surface area contributed by atoms with E-state index >= 15 is 0 Å². The van der Waals surface area contributed by atoms with Crippen molar-refractivity contribution < 1.29 is 9.84 Å². The highest BCUT2D eigenvalue weighted by Crippen LogP contribution is 2.25. The van der Waals surface area contributed by atoms with E-state index in [1.165, 1.54) is 19.3 Å². The van der Waals surface area contributed by atoms with E-state index in [0.717, 1.165) is 5.92 Å². The molecule has 0 bridgehead atoms. The number of aliphatic hydroxyl groups excluding tert-OH is 1. The molecule has 13 heavy (non-hydrogen) atoms. The molecule has 1 saturated carbocycles. The molecule has 0 amide bonds. The lowest BCUT2D eigenvalue weighted by atomic mass is 10.0. The standard InChI is InChI=1S/C10H19NO2/c1-7-3-2-4-8(7)11-9-5-13-6-10(9)12/h7-12H,2-6H2,1H3. The van der Waals surface area contributed by atoms with Crippen molar-refractivity contribution in [1.29, 1.82) is 0 Å². The summed E-state index contributed by atoms with van der Waals surface area (Å²) in [6.45, 7) is 3.45. The molecule has 1 aliphatic carbocycles. The van der Waals surface area contributed by atoms with E-state index in [1.807, 2.05) is 0 Å². The van der Waals surface area contributed by atoms with Crippen LogP contribution in [0.2, 0.25) is 0 Å². The molecule has 2 rings (SSSR count). The lowest BCUT2D eigenvalue weighted by Crippen LogP contribution is -2.45. The molecule has 0 aromatic carbocycles. The third-order valence-electron chi connectivity index (χ3n) is 3.34. The van der Waals surface area contributed by atoms with E-state index in [0.29, 0.717) is 19.3 Å². The Kier molecular flexibility index (Phi) is 2.86. The fourth-order valence-corrected chi connectivity index (χ4v) is 2.37. The SMILES string of the molecule is CC1CCCC1NC1COCC1O. The summed E-state index contributed by atoms with van der Waals surface area (Å²) in [5.41, 5.74) is 0. The van der Waals surface area contributed by atoms with Crippen molar-refractivity contribution >= 4 is 0 Å². The predicted molar refractivity (Wildman–Crippen MR) is 50.6 cm³/mol. The van der Waals surface area contributed by atoms with Gasteiger partial charge in [0, 0.05) is 6.04 Å². The zero-order valence-electron chi connectivity index (χ0n) is 8.20. The summed E-state index contributed by atoms with van der Waals surface area (Å²) in [5.74, 6) is 0.757. The van der Waals surface area contributed by atoms with Crippen LogP contribution >= 0.6 is 0 Å². The van der Waals surface area contributed by atoms with Crippen LogP contribution in [0.15, 0.2) is 0 Å². The van der Waals surface area contributed by atoms with Crippen LogP contribution in [0.3, 0.4) is 0 Å². The molecule has 4 atom stereocenters. The number of nitrogens with one attached hydrogen (secondary N) is 1. The number of hydrogen-bond donors (Lipinski definition) is 2. The lowest BCUT2D eigenvalue weighted by molar-refractivity contribution is 0.120. The highest BCUT2D eigenvalue weighted by atomic mass is 16.5. The Hall–Kier alpha value is -0.120. The first-order valence-electron chi connectivity index (χ1n) is 5.29. The van der Waals surface area contributed by atoms with Crippen LogP contribution in [0.1, 0.15) is 26.2 Å². The van der Waals surface area contributed by atoms with E-state index in [9.17, 15) is 5.11 Å². The first-order chi connectivity index (χ1) is 6.27. The minimum atomic E-state index is -0.298. The fourth-order valence-electron chi connectivity index (χ4n) is 2.37. The van der Waals surface area contributed by atoms with Crippen molar-refractivity contribution in [3.8, 4) is 0 Å². The summed E-state index contributed by atoms with van der Waals surface area (Å²) < 4.78 is 5.20. The topological polar surface area (TPSA) is 41.5 Å². The maximum Gasteiger partial charge on any atom is 0.0948 e. The zero-order valence-corrected chi connectivity index (χ0v) is 8.20. The zero-order chi connectivity index (χ0) is 9.26. The van der Waals surface area contributed by atoms with Crippen LogP contribution in [-0.2, 0) is 4.74 Å². The Morgan fingerprint density at radius 2 is 2.08 bits per heavy atom. The van der Waals surface area contributed by atoms with E-state index in [1.54, 1.807) is 0 Å². The van der Waals surface area contributed by atoms with Gasteiger partial charge in [0.05, 0.1) is 25.4 Å². The number of aliphatic hydroxyl groups is 1. The Balaban J connectivity index is 1.82. The van der Waals surface area contributed by atoms with E-state index in [2.05, 4.69) is 12.2 Å². The second kappa shape index (κ2) is 3.95. The van der Waals surface area contributed by atoms with Crippen molar-refractivity contribution in [2.75, 3.05) is 13.2 Å². The molecular formula is C10H19NO2. The van der Waals surface area contributed by atoms with Gasteiger partial charge >= 0.3 is 0 Å². The second-order valence-electron chi connectivity index (χ2n) is 4.39. The molecular weight excluding hydrogens is 166 g/mol. The molecule has 0 spiro atoms. The Morgan fingerprint density at radius 1 is 1.23 bits per heavy atom. The molecule has 0 radical (unpaired) electrons. The van der Waals surface area contributed by atoms with Gasteiger partial charge in [-0.1, -0.05) is 13.3 Å². The predicted octanol–water partition coefficient (Wildman–Crippen LogP) is 0.524. The van der Waals surface area contributed by atoms with Crippen molar-refractivity contribution in [3.05, 3.63) is 0 Å². The molecule has 2 N–H and O–H groups in total. The van der Waals surface area contributed by atoms with E-state index < -0.39 is 0 Å². The molecule has 1 aliphatic heterocycles. The first-order valence-corrected chi connectivity index (χ1v) is 5.29. The number of ether oxygens (including phenoxy) is 1. The maximum atomic E-state index is 9.55. The summed E-state index contributed by atoms with van der Waals surface area (Å²) in [6, 6.07) is 0.770. The van der Waals surface area contributed by atoms with Gasteiger partial charge in [-0.2, -0.15) is 0 Å². The summed E-state index contributed by atoms with van der Waals surface area (Å²) in [6.07, 6.45) is 3.60. The average Bonchev–Trinajstić information content (AvgIpc) is 2.65. The van der Waals surface area contributed by atoms with Gasteiger partial charge in [-0.05, 0) is 18.8 Å². The van der Waals surface area contributed by atoms with Crippen molar-refractivity contribution in [3.63, 3.8) is 0 Å². The minimum absolute atomic E-state index is 0.172. The van der Waals surface area contributed by atoms with Gasteiger partial charge in [0.25, 0.3) is 0 Å². The van der Waals surface area contributed by atoms with Crippen molar-refractivity contribution in [2.24, 2.45) is 5.92 Å². The van der Waals surface area contributed by atoms with Crippen LogP contribution in [0, 0.1) is 5.92 Å². The third-order valence-corrected chi connectivity index (χ3v) is 3.34. The Labute approximate surface area is 79.5 Å². The Bertz CT molecular complexity index is 156. The van der Waals surface area contributed by atoms with Crippen molar-refractivity contribution in [2.45, 2.75) is 44.4 Å².